The summed E-state index contributed by atoms with van der Waals surface area (Å²) in [6.45, 7) is 2.65. The summed E-state index contributed by atoms with van der Waals surface area (Å²) in [7, 11) is 1.64. The molecule has 0 aliphatic carbocycles. The fourth-order valence-electron chi connectivity index (χ4n) is 2.02. The molecule has 0 bridgehead atoms. The molecular formula is C16H19NO3. The highest BCUT2D eigenvalue weighted by molar-refractivity contribution is 5.40. The van der Waals surface area contributed by atoms with Gasteiger partial charge in [0.2, 0.25) is 0 Å². The number of phenolic OH excluding ortho intramolecular Hbond substituents is 2. The molecule has 0 saturated heterocycles. The minimum atomic E-state index is -0.0160. The number of hydrogen-bond acceptors (Lipinski definition) is 4. The van der Waals surface area contributed by atoms with Crippen molar-refractivity contribution >= 4 is 0 Å². The lowest BCUT2D eigenvalue weighted by Crippen LogP contribution is -2.18. The molecule has 2 aromatic carbocycles. The van der Waals surface area contributed by atoms with Gasteiger partial charge in [0.05, 0.1) is 7.11 Å². The van der Waals surface area contributed by atoms with E-state index in [-0.39, 0.29) is 17.5 Å². The van der Waals surface area contributed by atoms with E-state index in [1.165, 1.54) is 6.07 Å². The summed E-state index contributed by atoms with van der Waals surface area (Å²) in [5.41, 5.74) is 1.90. The van der Waals surface area contributed by atoms with E-state index in [0.717, 1.165) is 16.9 Å². The number of ether oxygens (including phenoxy) is 1. The first-order valence-electron chi connectivity index (χ1n) is 6.48. The minimum absolute atomic E-state index is 0.0160. The van der Waals surface area contributed by atoms with Gasteiger partial charge in [0, 0.05) is 24.2 Å². The summed E-state index contributed by atoms with van der Waals surface area (Å²) in [6, 6.07) is 12.4. The molecule has 0 spiro atoms. The molecule has 20 heavy (non-hydrogen) atoms. The Morgan fingerprint density at radius 1 is 1.10 bits per heavy atom. The predicted molar refractivity (Wildman–Crippen MR) is 78.0 cm³/mol. The third-order valence-corrected chi connectivity index (χ3v) is 3.25. The monoisotopic (exact) mass is 273 g/mol. The van der Waals surface area contributed by atoms with E-state index in [0.29, 0.717) is 6.54 Å². The van der Waals surface area contributed by atoms with Gasteiger partial charge in [0.15, 0.2) is 0 Å². The molecule has 0 radical (unpaired) electrons. The molecule has 1 atom stereocenters. The molecule has 4 nitrogen and oxygen atoms in total. The highest BCUT2D eigenvalue weighted by atomic mass is 16.5. The Morgan fingerprint density at radius 2 is 1.80 bits per heavy atom. The van der Waals surface area contributed by atoms with Gasteiger partial charge in [-0.05, 0) is 30.7 Å². The molecule has 0 aromatic heterocycles. The van der Waals surface area contributed by atoms with Crippen molar-refractivity contribution in [1.29, 1.82) is 0 Å². The normalized spacial score (nSPS) is 12.1. The van der Waals surface area contributed by atoms with Crippen LogP contribution in [0, 0.1) is 0 Å². The van der Waals surface area contributed by atoms with Crippen LogP contribution in [0.2, 0.25) is 0 Å². The van der Waals surface area contributed by atoms with E-state index < -0.39 is 0 Å². The van der Waals surface area contributed by atoms with Gasteiger partial charge in [0.1, 0.15) is 17.2 Å². The molecule has 2 aromatic rings. The summed E-state index contributed by atoms with van der Waals surface area (Å²) >= 11 is 0. The number of rotatable bonds is 5. The summed E-state index contributed by atoms with van der Waals surface area (Å²) < 4.78 is 5.11. The van der Waals surface area contributed by atoms with E-state index in [9.17, 15) is 10.2 Å². The summed E-state index contributed by atoms with van der Waals surface area (Å²) in [5, 5.41) is 22.4. The lowest BCUT2D eigenvalue weighted by atomic mass is 10.1. The Bertz CT molecular complexity index is 566. The molecule has 1 unspecified atom stereocenters. The second-order valence-electron chi connectivity index (χ2n) is 4.69. The molecule has 4 heteroatoms. The van der Waals surface area contributed by atoms with Crippen molar-refractivity contribution in [3.63, 3.8) is 0 Å². The maximum absolute atomic E-state index is 9.81. The van der Waals surface area contributed by atoms with Crippen LogP contribution in [0.3, 0.4) is 0 Å². The molecule has 0 saturated carbocycles. The van der Waals surface area contributed by atoms with Crippen LogP contribution in [0.4, 0.5) is 0 Å². The number of nitrogens with one attached hydrogen (secondary N) is 1. The van der Waals surface area contributed by atoms with Crippen molar-refractivity contribution in [3.05, 3.63) is 53.6 Å². The SMILES string of the molecule is COc1ccc(CNC(C)c2ccc(O)cc2O)cc1. The van der Waals surface area contributed by atoms with Crippen molar-refractivity contribution in [3.8, 4) is 17.2 Å². The Morgan fingerprint density at radius 3 is 2.40 bits per heavy atom. The molecular weight excluding hydrogens is 254 g/mol. The molecule has 3 N–H and O–H groups in total. The van der Waals surface area contributed by atoms with Crippen LogP contribution in [0.15, 0.2) is 42.5 Å². The van der Waals surface area contributed by atoms with Gasteiger partial charge in [-0.3, -0.25) is 0 Å². The third kappa shape index (κ3) is 3.42. The average Bonchev–Trinajstić information content (AvgIpc) is 2.45. The van der Waals surface area contributed by atoms with Crippen molar-refractivity contribution < 1.29 is 14.9 Å². The zero-order chi connectivity index (χ0) is 14.5. The van der Waals surface area contributed by atoms with Crippen LogP contribution in [0.5, 0.6) is 17.2 Å². The van der Waals surface area contributed by atoms with Crippen molar-refractivity contribution in [2.75, 3.05) is 7.11 Å². The highest BCUT2D eigenvalue weighted by Gasteiger charge is 2.10. The summed E-state index contributed by atoms with van der Waals surface area (Å²) in [4.78, 5) is 0. The maximum atomic E-state index is 9.81. The predicted octanol–water partition coefficient (Wildman–Crippen LogP) is 2.96. The second-order valence-corrected chi connectivity index (χ2v) is 4.69. The highest BCUT2D eigenvalue weighted by Crippen LogP contribution is 2.27. The first-order valence-corrected chi connectivity index (χ1v) is 6.48. The average molecular weight is 273 g/mol. The molecule has 0 aliphatic rings. The zero-order valence-corrected chi connectivity index (χ0v) is 11.6. The van der Waals surface area contributed by atoms with Crippen molar-refractivity contribution in [2.24, 2.45) is 0 Å². The van der Waals surface area contributed by atoms with Gasteiger partial charge in [-0.1, -0.05) is 18.2 Å². The van der Waals surface area contributed by atoms with Gasteiger partial charge in [-0.2, -0.15) is 0 Å². The fourth-order valence-corrected chi connectivity index (χ4v) is 2.02. The number of phenols is 2. The van der Waals surface area contributed by atoms with Crippen molar-refractivity contribution in [1.82, 2.24) is 5.32 Å². The van der Waals surface area contributed by atoms with E-state index in [1.807, 2.05) is 31.2 Å². The van der Waals surface area contributed by atoms with Crippen LogP contribution in [0.1, 0.15) is 24.1 Å². The van der Waals surface area contributed by atoms with Crippen LogP contribution < -0.4 is 10.1 Å². The Kier molecular flexibility index (Phi) is 4.48. The Labute approximate surface area is 118 Å². The smallest absolute Gasteiger partial charge is 0.124 e. The minimum Gasteiger partial charge on any atom is -0.508 e. The molecule has 0 fully saturated rings. The van der Waals surface area contributed by atoms with E-state index in [2.05, 4.69) is 5.32 Å². The molecule has 0 heterocycles. The quantitative estimate of drug-likeness (QED) is 0.784. The van der Waals surface area contributed by atoms with Gasteiger partial charge in [0.25, 0.3) is 0 Å². The van der Waals surface area contributed by atoms with Gasteiger partial charge < -0.3 is 20.3 Å². The number of hydrogen-bond donors (Lipinski definition) is 3. The number of aromatic hydroxyl groups is 2. The summed E-state index contributed by atoms with van der Waals surface area (Å²) in [5.74, 6) is 0.992. The van der Waals surface area contributed by atoms with Crippen LogP contribution >= 0.6 is 0 Å². The second kappa shape index (κ2) is 6.30. The zero-order valence-electron chi connectivity index (χ0n) is 11.6. The molecule has 0 amide bonds. The largest absolute Gasteiger partial charge is 0.508 e. The van der Waals surface area contributed by atoms with E-state index >= 15 is 0 Å². The third-order valence-electron chi connectivity index (χ3n) is 3.25. The van der Waals surface area contributed by atoms with Gasteiger partial charge >= 0.3 is 0 Å². The molecule has 106 valence electrons. The molecule has 0 aliphatic heterocycles. The van der Waals surface area contributed by atoms with Crippen LogP contribution in [0.25, 0.3) is 0 Å². The molecule has 2 rings (SSSR count). The van der Waals surface area contributed by atoms with E-state index in [4.69, 9.17) is 4.74 Å². The van der Waals surface area contributed by atoms with Gasteiger partial charge in [-0.15, -0.1) is 0 Å². The Hall–Kier alpha value is -2.20. The van der Waals surface area contributed by atoms with E-state index in [1.54, 1.807) is 19.2 Å². The summed E-state index contributed by atoms with van der Waals surface area (Å²) in [6.07, 6.45) is 0. The fraction of sp³-hybridized carbons (Fsp3) is 0.250. The van der Waals surface area contributed by atoms with Crippen LogP contribution in [-0.2, 0) is 6.54 Å². The van der Waals surface area contributed by atoms with Gasteiger partial charge in [-0.25, -0.2) is 0 Å². The van der Waals surface area contributed by atoms with Crippen molar-refractivity contribution in [2.45, 2.75) is 19.5 Å². The first-order chi connectivity index (χ1) is 9.60. The first kappa shape index (κ1) is 14.2. The Balaban J connectivity index is 1.98. The number of methoxy groups -OCH3 is 1. The topological polar surface area (TPSA) is 61.7 Å². The number of benzene rings is 2. The standard InChI is InChI=1S/C16H19NO3/c1-11(15-8-5-13(18)9-16(15)19)17-10-12-3-6-14(20-2)7-4-12/h3-9,11,17-19H,10H2,1-2H3. The maximum Gasteiger partial charge on any atom is 0.124 e. The lowest BCUT2D eigenvalue weighted by Gasteiger charge is -2.16. The van der Waals surface area contributed by atoms with Crippen LogP contribution in [-0.4, -0.2) is 17.3 Å². The lowest BCUT2D eigenvalue weighted by molar-refractivity contribution is 0.414.